The number of carbonyl (C=O) groups excluding carboxylic acids is 4. The van der Waals surface area contributed by atoms with Crippen LogP contribution in [0.5, 0.6) is 0 Å². The number of alkyl carbamates (subject to hydrolysis) is 2. The molecule has 0 heterocycles. The third-order valence-corrected chi connectivity index (χ3v) is 15.8. The summed E-state index contributed by atoms with van der Waals surface area (Å²) in [5, 5.41) is 18.5. The summed E-state index contributed by atoms with van der Waals surface area (Å²) in [5.41, 5.74) is 7.20. The largest absolute Gasteiger partial charge is 0.444 e. The van der Waals surface area contributed by atoms with Crippen molar-refractivity contribution in [3.05, 3.63) is 71.8 Å². The minimum atomic E-state index is -0.796. The van der Waals surface area contributed by atoms with E-state index in [1.165, 1.54) is 167 Å². The van der Waals surface area contributed by atoms with Crippen molar-refractivity contribution < 1.29 is 28.7 Å². The molecular formula is C70H125N9O6. The first-order valence-corrected chi connectivity index (χ1v) is 34.8. The first-order chi connectivity index (χ1) is 41.9. The number of benzene rings is 2. The second kappa shape index (κ2) is 58.4. The lowest BCUT2D eigenvalue weighted by Gasteiger charge is -2.28. The molecule has 486 valence electrons. The Balaban J connectivity index is 2.10. The van der Waals surface area contributed by atoms with Gasteiger partial charge in [0.25, 0.3) is 0 Å². The van der Waals surface area contributed by atoms with E-state index in [1.807, 2.05) is 65.6 Å². The van der Waals surface area contributed by atoms with Gasteiger partial charge in [0.05, 0.1) is 6.54 Å². The third kappa shape index (κ3) is 48.2. The van der Waals surface area contributed by atoms with E-state index in [-0.39, 0.29) is 44.1 Å². The van der Waals surface area contributed by atoms with Crippen LogP contribution in [-0.4, -0.2) is 106 Å². The number of carbonyl (C=O) groups is 4. The molecule has 0 aliphatic rings. The average Bonchev–Trinajstić information content (AvgIpc) is 3.60. The summed E-state index contributed by atoms with van der Waals surface area (Å²) >= 11 is 0. The lowest BCUT2D eigenvalue weighted by atomic mass is 10.0. The highest BCUT2D eigenvalue weighted by Gasteiger charge is 2.26. The van der Waals surface area contributed by atoms with Gasteiger partial charge in [-0.25, -0.2) is 9.59 Å². The molecule has 0 radical (unpaired) electrons. The van der Waals surface area contributed by atoms with Crippen molar-refractivity contribution >= 4 is 30.0 Å². The minimum absolute atomic E-state index is 0.0255. The Morgan fingerprint density at radius 1 is 0.447 bits per heavy atom. The summed E-state index contributed by atoms with van der Waals surface area (Å²) in [6, 6.07) is 17.9. The molecule has 85 heavy (non-hydrogen) atoms. The fourth-order valence-electron chi connectivity index (χ4n) is 10.6. The lowest BCUT2D eigenvalue weighted by Crippen LogP contribution is -2.51. The van der Waals surface area contributed by atoms with E-state index in [2.05, 4.69) is 50.7 Å². The monoisotopic (exact) mass is 1190 g/mol. The summed E-state index contributed by atoms with van der Waals surface area (Å²) in [5.74, 6) is -0.428. The number of nitrogens with two attached hydrogens (primary N) is 1. The van der Waals surface area contributed by atoms with E-state index in [0.29, 0.717) is 39.0 Å². The quantitative estimate of drug-likeness (QED) is 0.0190. The van der Waals surface area contributed by atoms with Crippen LogP contribution in [0.3, 0.4) is 0 Å². The van der Waals surface area contributed by atoms with Gasteiger partial charge in [0.1, 0.15) is 19.3 Å². The zero-order chi connectivity index (χ0) is 61.0. The Morgan fingerprint density at radius 3 is 1.21 bits per heavy atom. The number of amides is 4. The predicted molar refractivity (Wildman–Crippen MR) is 355 cm³/mol. The molecule has 0 saturated carbocycles. The molecule has 0 saturated heterocycles. The van der Waals surface area contributed by atoms with Crippen LogP contribution in [0.15, 0.2) is 65.7 Å². The van der Waals surface area contributed by atoms with Crippen LogP contribution < -0.4 is 37.6 Å². The van der Waals surface area contributed by atoms with Crippen LogP contribution in [0.25, 0.3) is 0 Å². The van der Waals surface area contributed by atoms with Crippen molar-refractivity contribution in [3.8, 4) is 0 Å². The van der Waals surface area contributed by atoms with Gasteiger partial charge >= 0.3 is 12.2 Å². The summed E-state index contributed by atoms with van der Waals surface area (Å²) in [4.78, 5) is 61.2. The molecule has 1 unspecified atom stereocenters. The number of nitrogens with zero attached hydrogens (tertiary/aromatic N) is 2. The Labute approximate surface area is 518 Å². The number of aliphatic imine (C=N–C) groups is 1. The molecule has 2 rings (SSSR count). The van der Waals surface area contributed by atoms with Crippen LogP contribution in [-0.2, 0) is 32.3 Å². The Bertz CT molecular complexity index is 1780. The zero-order valence-electron chi connectivity index (χ0n) is 54.1. The molecule has 0 aliphatic heterocycles. The molecule has 0 spiro atoms. The summed E-state index contributed by atoms with van der Waals surface area (Å²) in [6.07, 6.45) is 44.4. The maximum absolute atomic E-state index is 14.8. The van der Waals surface area contributed by atoms with Crippen LogP contribution in [0.1, 0.15) is 269 Å². The fourth-order valence-corrected chi connectivity index (χ4v) is 10.6. The molecule has 8 N–H and O–H groups in total. The van der Waals surface area contributed by atoms with Gasteiger partial charge in [-0.15, -0.1) is 0 Å². The predicted octanol–water partition coefficient (Wildman–Crippen LogP) is 15.1. The van der Waals surface area contributed by atoms with Crippen molar-refractivity contribution in [1.29, 1.82) is 0 Å². The van der Waals surface area contributed by atoms with Crippen molar-refractivity contribution in [2.75, 3.05) is 65.4 Å². The normalized spacial score (nSPS) is 11.5. The Kier molecular flexibility index (Phi) is 52.6. The number of hydrogen-bond acceptors (Lipinski definition) is 11. The molecule has 0 aromatic heterocycles. The number of ether oxygens (including phenoxy) is 2. The van der Waals surface area contributed by atoms with E-state index in [0.717, 1.165) is 102 Å². The van der Waals surface area contributed by atoms with Gasteiger partial charge in [-0.05, 0) is 102 Å². The number of hydrogen-bond donors (Lipinski definition) is 7. The van der Waals surface area contributed by atoms with Gasteiger partial charge in [-0.1, -0.05) is 267 Å². The van der Waals surface area contributed by atoms with Gasteiger partial charge in [-0.2, -0.15) is 0 Å². The maximum Gasteiger partial charge on any atom is 0.414 e. The number of rotatable bonds is 58. The standard InChI is InChI=1S/C70H125N9O6/c1-3-5-7-9-11-13-15-17-19-21-23-25-27-29-31-41-58-79(59-42-32-30-28-26-24-22-20-18-16-14-12-10-8-6-4-2)67(81)65(76-66(80)60-74-56-45-55-73-53-40-39-52-72-54-44-51-71)50-43-57-75-68(77-69(82)84-61-63-46-35-33-36-47-63)78-70(83)85-62-64-48-37-34-38-49-64/h33-38,46-49,65,72-74H,3-32,39-45,50-62,71H2,1-2H3,(H,76,80)(H2,75,77,78,82,83). The summed E-state index contributed by atoms with van der Waals surface area (Å²) in [6.45, 7) is 11.3. The molecule has 0 bridgehead atoms. The topological polar surface area (TPSA) is 201 Å². The van der Waals surface area contributed by atoms with Crippen molar-refractivity contribution in [2.45, 2.75) is 277 Å². The summed E-state index contributed by atoms with van der Waals surface area (Å²) < 4.78 is 10.9. The van der Waals surface area contributed by atoms with Crippen molar-refractivity contribution in [2.24, 2.45) is 10.7 Å². The van der Waals surface area contributed by atoms with E-state index in [9.17, 15) is 19.2 Å². The van der Waals surface area contributed by atoms with Crippen molar-refractivity contribution in [3.63, 3.8) is 0 Å². The first-order valence-electron chi connectivity index (χ1n) is 34.8. The highest BCUT2D eigenvalue weighted by Crippen LogP contribution is 2.17. The van der Waals surface area contributed by atoms with Crippen LogP contribution >= 0.6 is 0 Å². The van der Waals surface area contributed by atoms with E-state index in [4.69, 9.17) is 15.2 Å². The first kappa shape index (κ1) is 76.5. The van der Waals surface area contributed by atoms with Gasteiger partial charge in [-0.3, -0.25) is 25.2 Å². The molecule has 2 aromatic carbocycles. The molecular weight excluding hydrogens is 1060 g/mol. The second-order valence-electron chi connectivity index (χ2n) is 23.7. The highest BCUT2D eigenvalue weighted by molar-refractivity contribution is 6.01. The van der Waals surface area contributed by atoms with Crippen molar-refractivity contribution in [1.82, 2.24) is 36.8 Å². The smallest absolute Gasteiger partial charge is 0.414 e. The molecule has 0 fully saturated rings. The SMILES string of the molecule is CCCCCCCCCCCCCCCCCCN(CCCCCCCCCCCCCCCCCC)C(=O)C(CCCN=C(NC(=O)OCc1ccccc1)NC(=O)OCc1ccccc1)NC(=O)CNCCCNCCCCNCCCN. The van der Waals surface area contributed by atoms with E-state index >= 15 is 0 Å². The maximum atomic E-state index is 14.8. The Hall–Kier alpha value is -4.57. The molecule has 4 amide bonds. The molecule has 2 aromatic rings. The van der Waals surface area contributed by atoms with Gasteiger partial charge in [0, 0.05) is 19.6 Å². The van der Waals surface area contributed by atoms with Crippen LogP contribution in [0, 0.1) is 0 Å². The zero-order valence-corrected chi connectivity index (χ0v) is 54.1. The van der Waals surface area contributed by atoms with E-state index in [1.54, 1.807) is 0 Å². The van der Waals surface area contributed by atoms with Gasteiger partial charge in [0.2, 0.25) is 17.8 Å². The van der Waals surface area contributed by atoms with E-state index < -0.39 is 18.2 Å². The molecule has 0 aliphatic carbocycles. The highest BCUT2D eigenvalue weighted by atomic mass is 16.6. The molecule has 15 heteroatoms. The van der Waals surface area contributed by atoms with Crippen LogP contribution in [0.2, 0.25) is 0 Å². The Morgan fingerprint density at radius 2 is 0.812 bits per heavy atom. The van der Waals surface area contributed by atoms with Gasteiger partial charge < -0.3 is 41.4 Å². The lowest BCUT2D eigenvalue weighted by molar-refractivity contribution is -0.136. The van der Waals surface area contributed by atoms with Crippen LogP contribution in [0.4, 0.5) is 9.59 Å². The fraction of sp³-hybridized carbons (Fsp3) is 0.757. The molecule has 15 nitrogen and oxygen atoms in total. The minimum Gasteiger partial charge on any atom is -0.444 e. The number of nitrogens with one attached hydrogen (secondary N) is 6. The average molecular weight is 1190 g/mol. The third-order valence-electron chi connectivity index (χ3n) is 15.8. The second-order valence-corrected chi connectivity index (χ2v) is 23.7. The summed E-state index contributed by atoms with van der Waals surface area (Å²) in [7, 11) is 0. The number of guanidine groups is 1. The molecule has 1 atom stereocenters. The van der Waals surface area contributed by atoms with Gasteiger partial charge in [0.15, 0.2) is 0 Å². The number of unbranched alkanes of at least 4 members (excludes halogenated alkanes) is 31.